The van der Waals surface area contributed by atoms with Crippen LogP contribution in [0.1, 0.15) is 29.3 Å². The molecule has 0 aromatic heterocycles. The number of hydrogen-bond acceptors (Lipinski definition) is 2. The zero-order chi connectivity index (χ0) is 12.1. The Balaban J connectivity index is 2.77. The first-order valence-corrected chi connectivity index (χ1v) is 6.02. The molecular weight excluding hydrogens is 270 g/mol. The van der Waals surface area contributed by atoms with Crippen molar-refractivity contribution in [2.75, 3.05) is 6.61 Å². The summed E-state index contributed by atoms with van der Waals surface area (Å²) in [6, 6.07) is 5.55. The van der Waals surface area contributed by atoms with E-state index in [1.807, 2.05) is 26.0 Å². The summed E-state index contributed by atoms with van der Waals surface area (Å²) >= 11 is 3.40. The number of amides is 1. The highest BCUT2D eigenvalue weighted by Gasteiger charge is 2.13. The van der Waals surface area contributed by atoms with E-state index in [-0.39, 0.29) is 18.6 Å². The lowest BCUT2D eigenvalue weighted by molar-refractivity contribution is 0.0933. The summed E-state index contributed by atoms with van der Waals surface area (Å²) in [6.07, 6.45) is 0.565. The van der Waals surface area contributed by atoms with Crippen LogP contribution in [0.5, 0.6) is 0 Å². The van der Waals surface area contributed by atoms with E-state index >= 15 is 0 Å². The lowest BCUT2D eigenvalue weighted by atomic mass is 10.1. The molecule has 0 aliphatic carbocycles. The topological polar surface area (TPSA) is 49.3 Å². The Kier molecular flexibility index (Phi) is 4.96. The van der Waals surface area contributed by atoms with Crippen LogP contribution >= 0.6 is 15.9 Å². The summed E-state index contributed by atoms with van der Waals surface area (Å²) in [5.41, 5.74) is 1.66. The van der Waals surface area contributed by atoms with Crippen LogP contribution in [0.3, 0.4) is 0 Å². The molecule has 1 amide bonds. The molecule has 0 saturated heterocycles. The average Bonchev–Trinajstić information content (AvgIpc) is 2.22. The lowest BCUT2D eigenvalue weighted by Crippen LogP contribution is -2.33. The van der Waals surface area contributed by atoms with Gasteiger partial charge >= 0.3 is 0 Å². The van der Waals surface area contributed by atoms with E-state index in [4.69, 9.17) is 5.11 Å². The molecular formula is C12H16BrNO2. The highest BCUT2D eigenvalue weighted by atomic mass is 79.9. The molecule has 16 heavy (non-hydrogen) atoms. The van der Waals surface area contributed by atoms with Gasteiger partial charge in [-0.2, -0.15) is 0 Å². The van der Waals surface area contributed by atoms with E-state index in [0.29, 0.717) is 12.0 Å². The summed E-state index contributed by atoms with van der Waals surface area (Å²) < 4.78 is 0.823. The predicted molar refractivity (Wildman–Crippen MR) is 67.5 cm³/mol. The number of aliphatic hydroxyl groups is 1. The molecule has 0 heterocycles. The smallest absolute Gasteiger partial charge is 0.252 e. The first kappa shape index (κ1) is 13.2. The summed E-state index contributed by atoms with van der Waals surface area (Å²) in [5, 5.41) is 11.6. The molecule has 0 bridgehead atoms. The molecule has 0 radical (unpaired) electrons. The second-order valence-corrected chi connectivity index (χ2v) is 4.62. The van der Waals surface area contributed by atoms with Crippen molar-refractivity contribution in [3.63, 3.8) is 0 Å². The average molecular weight is 286 g/mol. The van der Waals surface area contributed by atoms with Gasteiger partial charge in [0.25, 0.3) is 5.91 Å². The lowest BCUT2D eigenvalue weighted by Gasteiger charge is -2.13. The van der Waals surface area contributed by atoms with Gasteiger partial charge in [-0.1, -0.05) is 12.1 Å². The van der Waals surface area contributed by atoms with Crippen molar-refractivity contribution in [2.45, 2.75) is 26.3 Å². The molecule has 1 atom stereocenters. The van der Waals surface area contributed by atoms with Crippen molar-refractivity contribution in [1.29, 1.82) is 0 Å². The Morgan fingerprint density at radius 2 is 2.25 bits per heavy atom. The molecule has 0 fully saturated rings. The van der Waals surface area contributed by atoms with Gasteiger partial charge in [-0.25, -0.2) is 0 Å². The standard InChI is InChI=1S/C12H16BrNO2/c1-8-4-3-5-10(11(8)13)12(16)14-9(2)6-7-15/h3-5,9,15H,6-7H2,1-2H3,(H,14,16). The Hall–Kier alpha value is -0.870. The van der Waals surface area contributed by atoms with Crippen molar-refractivity contribution in [3.05, 3.63) is 33.8 Å². The normalized spacial score (nSPS) is 12.2. The van der Waals surface area contributed by atoms with Gasteiger partial charge in [-0.05, 0) is 47.8 Å². The van der Waals surface area contributed by atoms with Crippen LogP contribution in [0.15, 0.2) is 22.7 Å². The minimum absolute atomic E-state index is 0.0232. The molecule has 2 N–H and O–H groups in total. The summed E-state index contributed by atoms with van der Waals surface area (Å²) in [6.45, 7) is 3.90. The summed E-state index contributed by atoms with van der Waals surface area (Å²) in [7, 11) is 0. The van der Waals surface area contributed by atoms with E-state index in [0.717, 1.165) is 10.0 Å². The molecule has 4 heteroatoms. The van der Waals surface area contributed by atoms with Gasteiger partial charge in [0.05, 0.1) is 5.56 Å². The fraction of sp³-hybridized carbons (Fsp3) is 0.417. The van der Waals surface area contributed by atoms with Crippen LogP contribution < -0.4 is 5.32 Å². The quantitative estimate of drug-likeness (QED) is 0.892. The van der Waals surface area contributed by atoms with E-state index in [1.165, 1.54) is 0 Å². The largest absolute Gasteiger partial charge is 0.396 e. The second-order valence-electron chi connectivity index (χ2n) is 3.82. The number of hydrogen-bond donors (Lipinski definition) is 2. The summed E-state index contributed by atoms with van der Waals surface area (Å²) in [4.78, 5) is 11.9. The van der Waals surface area contributed by atoms with E-state index in [9.17, 15) is 4.79 Å². The molecule has 1 rings (SSSR count). The van der Waals surface area contributed by atoms with E-state index in [1.54, 1.807) is 6.07 Å². The first-order valence-electron chi connectivity index (χ1n) is 5.23. The van der Waals surface area contributed by atoms with Gasteiger partial charge in [-0.15, -0.1) is 0 Å². The van der Waals surface area contributed by atoms with Gasteiger partial charge in [0.2, 0.25) is 0 Å². The number of carbonyl (C=O) groups excluding carboxylic acids is 1. The minimum Gasteiger partial charge on any atom is -0.396 e. The predicted octanol–water partition coefficient (Wildman–Crippen LogP) is 2.26. The number of nitrogens with one attached hydrogen (secondary N) is 1. The third-order valence-corrected chi connectivity index (χ3v) is 3.43. The van der Waals surface area contributed by atoms with E-state index < -0.39 is 0 Å². The number of halogens is 1. The zero-order valence-electron chi connectivity index (χ0n) is 9.46. The zero-order valence-corrected chi connectivity index (χ0v) is 11.0. The molecule has 0 aliphatic heterocycles. The number of benzene rings is 1. The van der Waals surface area contributed by atoms with Crippen LogP contribution in [-0.2, 0) is 0 Å². The van der Waals surface area contributed by atoms with Crippen molar-refractivity contribution in [3.8, 4) is 0 Å². The maximum atomic E-state index is 11.9. The van der Waals surface area contributed by atoms with Gasteiger partial charge in [0.1, 0.15) is 0 Å². The fourth-order valence-electron chi connectivity index (χ4n) is 1.39. The van der Waals surface area contributed by atoms with E-state index in [2.05, 4.69) is 21.2 Å². The Morgan fingerprint density at radius 3 is 2.88 bits per heavy atom. The van der Waals surface area contributed by atoms with Crippen LogP contribution in [-0.4, -0.2) is 23.7 Å². The number of carbonyl (C=O) groups is 1. The van der Waals surface area contributed by atoms with Crippen LogP contribution in [0.2, 0.25) is 0 Å². The molecule has 3 nitrogen and oxygen atoms in total. The number of rotatable bonds is 4. The molecule has 1 aromatic carbocycles. The highest BCUT2D eigenvalue weighted by Crippen LogP contribution is 2.20. The van der Waals surface area contributed by atoms with Crippen LogP contribution in [0, 0.1) is 6.92 Å². The Bertz CT molecular complexity index is 379. The highest BCUT2D eigenvalue weighted by molar-refractivity contribution is 9.10. The van der Waals surface area contributed by atoms with Crippen molar-refractivity contribution >= 4 is 21.8 Å². The molecule has 0 aliphatic rings. The number of aryl methyl sites for hydroxylation is 1. The molecule has 0 saturated carbocycles. The van der Waals surface area contributed by atoms with Gasteiger partial charge in [0, 0.05) is 17.1 Å². The van der Waals surface area contributed by atoms with Crippen molar-refractivity contribution in [2.24, 2.45) is 0 Å². The molecule has 0 spiro atoms. The van der Waals surface area contributed by atoms with Crippen LogP contribution in [0.4, 0.5) is 0 Å². The minimum atomic E-state index is -0.114. The Labute approximate surface area is 104 Å². The summed E-state index contributed by atoms with van der Waals surface area (Å²) in [5.74, 6) is -0.114. The SMILES string of the molecule is Cc1cccc(C(=O)NC(C)CCO)c1Br. The van der Waals surface area contributed by atoms with Crippen molar-refractivity contribution in [1.82, 2.24) is 5.32 Å². The molecule has 1 unspecified atom stereocenters. The first-order chi connectivity index (χ1) is 7.56. The monoisotopic (exact) mass is 285 g/mol. The number of aliphatic hydroxyl groups excluding tert-OH is 1. The second kappa shape index (κ2) is 6.01. The van der Waals surface area contributed by atoms with Gasteiger partial charge in [-0.3, -0.25) is 4.79 Å². The van der Waals surface area contributed by atoms with Gasteiger partial charge in [0.15, 0.2) is 0 Å². The Morgan fingerprint density at radius 1 is 1.56 bits per heavy atom. The third kappa shape index (κ3) is 3.32. The fourth-order valence-corrected chi connectivity index (χ4v) is 1.83. The maximum absolute atomic E-state index is 11.9. The van der Waals surface area contributed by atoms with Gasteiger partial charge < -0.3 is 10.4 Å². The van der Waals surface area contributed by atoms with Crippen LogP contribution in [0.25, 0.3) is 0 Å². The molecule has 88 valence electrons. The maximum Gasteiger partial charge on any atom is 0.252 e. The molecule has 1 aromatic rings. The van der Waals surface area contributed by atoms with Crippen molar-refractivity contribution < 1.29 is 9.90 Å². The third-order valence-electron chi connectivity index (χ3n) is 2.38.